The molecule has 0 spiro atoms. The summed E-state index contributed by atoms with van der Waals surface area (Å²) in [6, 6.07) is 7.86. The summed E-state index contributed by atoms with van der Waals surface area (Å²) in [5.74, 6) is 0.0110. The van der Waals surface area contributed by atoms with Crippen molar-refractivity contribution in [1.29, 1.82) is 0 Å². The van der Waals surface area contributed by atoms with Crippen molar-refractivity contribution in [2.75, 3.05) is 18.6 Å². The van der Waals surface area contributed by atoms with Crippen LogP contribution >= 0.6 is 0 Å². The summed E-state index contributed by atoms with van der Waals surface area (Å²) in [5.41, 5.74) is 7.30. The number of para-hydroxylation sites is 1. The summed E-state index contributed by atoms with van der Waals surface area (Å²) in [6.45, 7) is 4.45. The van der Waals surface area contributed by atoms with Gasteiger partial charge < -0.3 is 15.4 Å². The number of carbonyl (C=O) groups excluding carboxylic acids is 1. The Hall–Kier alpha value is -1.39. The molecule has 104 valence electrons. The highest BCUT2D eigenvalue weighted by Gasteiger charge is 2.38. The van der Waals surface area contributed by atoms with E-state index in [-0.39, 0.29) is 11.9 Å². The normalized spacial score (nSPS) is 21.7. The van der Waals surface area contributed by atoms with Gasteiger partial charge in [0.1, 0.15) is 5.60 Å². The molecule has 0 bridgehead atoms. The van der Waals surface area contributed by atoms with Gasteiger partial charge in [-0.2, -0.15) is 0 Å². The average Bonchev–Trinajstić information content (AvgIpc) is 2.46. The standard InChI is InChI=1S/C15H22N2O2/c1-4-15(2,19-3)14(18)17-10-9-12(16)11-7-5-6-8-13(11)17/h5-8,12H,4,9-10,16H2,1-3H3. The Morgan fingerprint density at radius 1 is 1.53 bits per heavy atom. The average molecular weight is 262 g/mol. The number of methoxy groups -OCH3 is 1. The maximum atomic E-state index is 12.7. The summed E-state index contributed by atoms with van der Waals surface area (Å²) in [7, 11) is 1.59. The van der Waals surface area contributed by atoms with Gasteiger partial charge in [0.05, 0.1) is 0 Å². The van der Waals surface area contributed by atoms with Gasteiger partial charge in [-0.05, 0) is 31.4 Å². The second kappa shape index (κ2) is 5.31. The molecule has 2 N–H and O–H groups in total. The lowest BCUT2D eigenvalue weighted by Crippen LogP contribution is -2.50. The number of benzene rings is 1. The lowest BCUT2D eigenvalue weighted by Gasteiger charge is -2.38. The Balaban J connectivity index is 2.38. The van der Waals surface area contributed by atoms with Gasteiger partial charge in [-0.1, -0.05) is 25.1 Å². The third-order valence-corrected chi connectivity index (χ3v) is 4.11. The molecule has 19 heavy (non-hydrogen) atoms. The topological polar surface area (TPSA) is 55.6 Å². The summed E-state index contributed by atoms with van der Waals surface area (Å²) < 4.78 is 5.42. The monoisotopic (exact) mass is 262 g/mol. The number of nitrogens with zero attached hydrogens (tertiary/aromatic N) is 1. The molecule has 1 aliphatic rings. The number of nitrogens with two attached hydrogens (primary N) is 1. The van der Waals surface area contributed by atoms with Gasteiger partial charge in [0.15, 0.2) is 0 Å². The van der Waals surface area contributed by atoms with E-state index in [9.17, 15) is 4.79 Å². The van der Waals surface area contributed by atoms with E-state index in [0.29, 0.717) is 13.0 Å². The fourth-order valence-corrected chi connectivity index (χ4v) is 2.47. The fourth-order valence-electron chi connectivity index (χ4n) is 2.47. The van der Waals surface area contributed by atoms with E-state index in [1.54, 1.807) is 7.11 Å². The minimum atomic E-state index is -0.769. The zero-order valence-corrected chi connectivity index (χ0v) is 11.8. The van der Waals surface area contributed by atoms with Crippen LogP contribution in [0.15, 0.2) is 24.3 Å². The van der Waals surface area contributed by atoms with Crippen molar-refractivity contribution in [2.24, 2.45) is 5.73 Å². The molecule has 1 aromatic rings. The number of carbonyl (C=O) groups is 1. The molecule has 0 aromatic heterocycles. The first kappa shape index (κ1) is 14.0. The van der Waals surface area contributed by atoms with E-state index in [0.717, 1.165) is 17.7 Å². The van der Waals surface area contributed by atoms with Crippen LogP contribution in [0.4, 0.5) is 5.69 Å². The summed E-state index contributed by atoms with van der Waals surface area (Å²) in [4.78, 5) is 14.5. The van der Waals surface area contributed by atoms with E-state index < -0.39 is 5.60 Å². The van der Waals surface area contributed by atoms with Crippen molar-refractivity contribution < 1.29 is 9.53 Å². The van der Waals surface area contributed by atoms with Crippen LogP contribution in [0.2, 0.25) is 0 Å². The number of amides is 1. The van der Waals surface area contributed by atoms with Gasteiger partial charge in [-0.25, -0.2) is 0 Å². The van der Waals surface area contributed by atoms with Crippen LogP contribution < -0.4 is 10.6 Å². The number of rotatable bonds is 3. The zero-order chi connectivity index (χ0) is 14.0. The first-order valence-corrected chi connectivity index (χ1v) is 6.75. The maximum absolute atomic E-state index is 12.7. The maximum Gasteiger partial charge on any atom is 0.258 e. The first-order chi connectivity index (χ1) is 9.03. The molecule has 4 nitrogen and oxygen atoms in total. The quantitative estimate of drug-likeness (QED) is 0.909. The van der Waals surface area contributed by atoms with Crippen molar-refractivity contribution in [3.63, 3.8) is 0 Å². The summed E-state index contributed by atoms with van der Waals surface area (Å²) >= 11 is 0. The van der Waals surface area contributed by atoms with Crippen molar-refractivity contribution in [2.45, 2.75) is 38.3 Å². The molecular weight excluding hydrogens is 240 g/mol. The third kappa shape index (κ3) is 2.38. The predicted octanol–water partition coefficient (Wildman–Crippen LogP) is 2.24. The highest BCUT2D eigenvalue weighted by molar-refractivity contribution is 6.00. The Bertz CT molecular complexity index is 469. The Labute approximate surface area is 114 Å². The van der Waals surface area contributed by atoms with Gasteiger partial charge in [-0.3, -0.25) is 4.79 Å². The fraction of sp³-hybridized carbons (Fsp3) is 0.533. The lowest BCUT2D eigenvalue weighted by atomic mass is 9.94. The van der Waals surface area contributed by atoms with Crippen LogP contribution in [-0.4, -0.2) is 25.2 Å². The molecule has 0 fully saturated rings. The number of ether oxygens (including phenoxy) is 1. The highest BCUT2D eigenvalue weighted by atomic mass is 16.5. The lowest BCUT2D eigenvalue weighted by molar-refractivity contribution is -0.139. The van der Waals surface area contributed by atoms with Crippen LogP contribution in [-0.2, 0) is 9.53 Å². The van der Waals surface area contributed by atoms with E-state index >= 15 is 0 Å². The molecular formula is C15H22N2O2. The molecule has 0 saturated heterocycles. The van der Waals surface area contributed by atoms with Crippen LogP contribution in [0.25, 0.3) is 0 Å². The third-order valence-electron chi connectivity index (χ3n) is 4.11. The van der Waals surface area contributed by atoms with Crippen LogP contribution in [0, 0.1) is 0 Å². The number of anilines is 1. The van der Waals surface area contributed by atoms with E-state index in [1.807, 2.05) is 43.0 Å². The number of fused-ring (bicyclic) bond motifs is 1. The van der Waals surface area contributed by atoms with Gasteiger partial charge in [0.25, 0.3) is 5.91 Å². The van der Waals surface area contributed by atoms with Gasteiger partial charge in [0, 0.05) is 25.4 Å². The number of hydrogen-bond acceptors (Lipinski definition) is 3. The minimum absolute atomic E-state index is 0.00989. The summed E-state index contributed by atoms with van der Waals surface area (Å²) in [5, 5.41) is 0. The molecule has 0 aliphatic carbocycles. The molecule has 0 saturated carbocycles. The zero-order valence-electron chi connectivity index (χ0n) is 11.8. The molecule has 1 aromatic carbocycles. The SMILES string of the molecule is CCC(C)(OC)C(=O)N1CCC(N)c2ccccc21. The highest BCUT2D eigenvalue weighted by Crippen LogP contribution is 2.34. The Morgan fingerprint density at radius 2 is 2.21 bits per heavy atom. The summed E-state index contributed by atoms with van der Waals surface area (Å²) in [6.07, 6.45) is 1.43. The van der Waals surface area contributed by atoms with Crippen molar-refractivity contribution in [3.8, 4) is 0 Å². The van der Waals surface area contributed by atoms with Crippen LogP contribution in [0.3, 0.4) is 0 Å². The van der Waals surface area contributed by atoms with Gasteiger partial charge in [0.2, 0.25) is 0 Å². The molecule has 2 unspecified atom stereocenters. The smallest absolute Gasteiger partial charge is 0.258 e. The molecule has 1 heterocycles. The van der Waals surface area contributed by atoms with E-state index in [4.69, 9.17) is 10.5 Å². The van der Waals surface area contributed by atoms with E-state index in [1.165, 1.54) is 0 Å². The molecule has 0 radical (unpaired) electrons. The van der Waals surface area contributed by atoms with E-state index in [2.05, 4.69) is 0 Å². The molecule has 4 heteroatoms. The van der Waals surface area contributed by atoms with Crippen LogP contribution in [0.5, 0.6) is 0 Å². The number of hydrogen-bond donors (Lipinski definition) is 1. The molecule has 1 amide bonds. The molecule has 2 atom stereocenters. The largest absolute Gasteiger partial charge is 0.369 e. The van der Waals surface area contributed by atoms with Crippen molar-refractivity contribution >= 4 is 11.6 Å². The molecule has 2 rings (SSSR count). The predicted molar refractivity (Wildman–Crippen MR) is 76.0 cm³/mol. The second-order valence-electron chi connectivity index (χ2n) is 5.20. The molecule has 1 aliphatic heterocycles. The minimum Gasteiger partial charge on any atom is -0.369 e. The van der Waals surface area contributed by atoms with Crippen molar-refractivity contribution in [1.82, 2.24) is 0 Å². The van der Waals surface area contributed by atoms with Crippen molar-refractivity contribution in [3.05, 3.63) is 29.8 Å². The van der Waals surface area contributed by atoms with Crippen LogP contribution in [0.1, 0.15) is 38.3 Å². The van der Waals surface area contributed by atoms with Gasteiger partial charge >= 0.3 is 0 Å². The Kier molecular flexibility index (Phi) is 3.92. The van der Waals surface area contributed by atoms with Gasteiger partial charge in [-0.15, -0.1) is 0 Å². The first-order valence-electron chi connectivity index (χ1n) is 6.75. The Morgan fingerprint density at radius 3 is 2.84 bits per heavy atom. The second-order valence-corrected chi connectivity index (χ2v) is 5.20.